The van der Waals surface area contributed by atoms with Gasteiger partial charge in [0, 0.05) is 25.6 Å². The summed E-state index contributed by atoms with van der Waals surface area (Å²) in [6.07, 6.45) is 7.19. The zero-order valence-electron chi connectivity index (χ0n) is 25.4. The maximum atomic E-state index is 13.8. The van der Waals surface area contributed by atoms with Crippen molar-refractivity contribution in [3.05, 3.63) is 77.4 Å². The van der Waals surface area contributed by atoms with Crippen LogP contribution >= 0.6 is 0 Å². The van der Waals surface area contributed by atoms with Crippen LogP contribution in [0.5, 0.6) is 5.75 Å². The number of likely N-dealkylation sites (N-methyl/N-ethyl adjacent to an activating group) is 1. The van der Waals surface area contributed by atoms with Crippen molar-refractivity contribution >= 4 is 11.8 Å². The fourth-order valence-electron chi connectivity index (χ4n) is 5.97. The third-order valence-electron chi connectivity index (χ3n) is 8.58. The quantitative estimate of drug-likeness (QED) is 0.400. The Bertz CT molecular complexity index is 1200. The zero-order chi connectivity index (χ0) is 30.1. The molecule has 0 aromatic heterocycles. The SMILES string of the molecule is CCCCC(C)C(=O)N(C)[C@@H]1C/C=C/CO[C@H]2C[C@@H](NC[C@@H](O)[C@H](Cc3ccccc3)NC1=O)c1cc(OC)ccc12. The van der Waals surface area contributed by atoms with Crippen LogP contribution in [0.1, 0.15) is 74.8 Å². The second-order valence-electron chi connectivity index (χ2n) is 11.6. The number of aliphatic hydroxyl groups excluding tert-OH is 1. The molecule has 1 unspecified atom stereocenters. The number of carbonyl (C=O) groups excluding carboxylic acids is 2. The number of unbranched alkanes of at least 4 members (excludes halogenated alkanes) is 1. The van der Waals surface area contributed by atoms with Crippen LogP contribution in [0.2, 0.25) is 0 Å². The molecule has 2 aromatic carbocycles. The van der Waals surface area contributed by atoms with E-state index >= 15 is 0 Å². The lowest BCUT2D eigenvalue weighted by molar-refractivity contribution is -0.142. The number of ether oxygens (including phenoxy) is 2. The van der Waals surface area contributed by atoms with Crippen LogP contribution in [0.3, 0.4) is 0 Å². The van der Waals surface area contributed by atoms with E-state index in [-0.39, 0.29) is 36.4 Å². The van der Waals surface area contributed by atoms with Crippen LogP contribution in [0, 0.1) is 5.92 Å². The Labute approximate surface area is 250 Å². The van der Waals surface area contributed by atoms with Crippen LogP contribution in [0.25, 0.3) is 0 Å². The predicted octanol–water partition coefficient (Wildman–Crippen LogP) is 4.49. The second-order valence-corrected chi connectivity index (χ2v) is 11.6. The molecular formula is C34H47N3O5. The maximum Gasteiger partial charge on any atom is 0.243 e. The van der Waals surface area contributed by atoms with Crippen molar-refractivity contribution in [3.8, 4) is 5.75 Å². The fraction of sp³-hybridized carbons (Fsp3) is 0.529. The second kappa shape index (κ2) is 15.3. The van der Waals surface area contributed by atoms with Crippen molar-refractivity contribution in [2.24, 2.45) is 5.92 Å². The Hall–Kier alpha value is -3.20. The van der Waals surface area contributed by atoms with E-state index in [1.54, 1.807) is 19.1 Å². The molecule has 0 spiro atoms. The molecule has 8 nitrogen and oxygen atoms in total. The Kier molecular flexibility index (Phi) is 11.6. The molecule has 2 aromatic rings. The molecule has 3 N–H and O–H groups in total. The molecule has 0 saturated heterocycles. The van der Waals surface area contributed by atoms with Gasteiger partial charge < -0.3 is 30.1 Å². The maximum absolute atomic E-state index is 13.8. The number of fused-ring (bicyclic) bond motifs is 5. The van der Waals surface area contributed by atoms with Gasteiger partial charge in [0.15, 0.2) is 0 Å². The summed E-state index contributed by atoms with van der Waals surface area (Å²) in [7, 11) is 3.36. The van der Waals surface area contributed by atoms with Crippen molar-refractivity contribution in [2.75, 3.05) is 27.3 Å². The van der Waals surface area contributed by atoms with E-state index in [2.05, 4.69) is 23.6 Å². The molecule has 228 valence electrons. The summed E-state index contributed by atoms with van der Waals surface area (Å²) in [6, 6.07) is 14.6. The van der Waals surface area contributed by atoms with Gasteiger partial charge in [-0.2, -0.15) is 0 Å². The Morgan fingerprint density at radius 3 is 2.69 bits per heavy atom. The normalized spacial score (nSPS) is 26.2. The third-order valence-corrected chi connectivity index (χ3v) is 8.58. The number of nitrogens with zero attached hydrogens (tertiary/aromatic N) is 1. The highest BCUT2D eigenvalue weighted by Gasteiger charge is 2.35. The van der Waals surface area contributed by atoms with Crippen molar-refractivity contribution in [1.29, 1.82) is 0 Å². The molecule has 6 atom stereocenters. The van der Waals surface area contributed by atoms with E-state index in [1.807, 2.05) is 61.5 Å². The van der Waals surface area contributed by atoms with E-state index in [9.17, 15) is 14.7 Å². The minimum atomic E-state index is -0.867. The zero-order valence-corrected chi connectivity index (χ0v) is 25.4. The van der Waals surface area contributed by atoms with Crippen molar-refractivity contribution in [2.45, 2.75) is 82.7 Å². The van der Waals surface area contributed by atoms with E-state index in [0.717, 1.165) is 48.1 Å². The van der Waals surface area contributed by atoms with Gasteiger partial charge in [0.05, 0.1) is 32.0 Å². The minimum Gasteiger partial charge on any atom is -0.497 e. The van der Waals surface area contributed by atoms with Gasteiger partial charge in [0.2, 0.25) is 11.8 Å². The summed E-state index contributed by atoms with van der Waals surface area (Å²) in [5.74, 6) is 0.290. The average Bonchev–Trinajstić information content (AvgIpc) is 3.35. The molecule has 1 aliphatic carbocycles. The minimum absolute atomic E-state index is 0.0296. The topological polar surface area (TPSA) is 100 Å². The number of hydrogen-bond acceptors (Lipinski definition) is 6. The van der Waals surface area contributed by atoms with Gasteiger partial charge in [0.25, 0.3) is 0 Å². The summed E-state index contributed by atoms with van der Waals surface area (Å²) < 4.78 is 11.8. The first kappa shape index (κ1) is 31.7. The largest absolute Gasteiger partial charge is 0.497 e. The molecule has 0 fully saturated rings. The van der Waals surface area contributed by atoms with E-state index in [0.29, 0.717) is 19.4 Å². The third kappa shape index (κ3) is 8.00. The number of benzene rings is 2. The highest BCUT2D eigenvalue weighted by molar-refractivity contribution is 5.88. The summed E-state index contributed by atoms with van der Waals surface area (Å²) in [6.45, 7) is 4.70. The molecule has 1 aliphatic heterocycles. The van der Waals surface area contributed by atoms with Gasteiger partial charge in [-0.1, -0.05) is 75.2 Å². The fourth-order valence-corrected chi connectivity index (χ4v) is 5.97. The summed E-state index contributed by atoms with van der Waals surface area (Å²) in [5, 5.41) is 18.1. The first-order chi connectivity index (χ1) is 20.3. The van der Waals surface area contributed by atoms with Crippen LogP contribution in [0.4, 0.5) is 0 Å². The monoisotopic (exact) mass is 577 g/mol. The van der Waals surface area contributed by atoms with Gasteiger partial charge in [0.1, 0.15) is 11.8 Å². The Morgan fingerprint density at radius 2 is 1.95 bits per heavy atom. The molecule has 2 aliphatic rings. The average molecular weight is 578 g/mol. The molecule has 4 rings (SSSR count). The number of carbonyl (C=O) groups is 2. The van der Waals surface area contributed by atoms with Gasteiger partial charge in [-0.15, -0.1) is 0 Å². The van der Waals surface area contributed by atoms with Crippen molar-refractivity contribution < 1.29 is 24.2 Å². The first-order valence-electron chi connectivity index (χ1n) is 15.3. The molecular weight excluding hydrogens is 530 g/mol. The van der Waals surface area contributed by atoms with Gasteiger partial charge >= 0.3 is 0 Å². The van der Waals surface area contributed by atoms with E-state index < -0.39 is 18.2 Å². The predicted molar refractivity (Wildman–Crippen MR) is 164 cm³/mol. The van der Waals surface area contributed by atoms with Gasteiger partial charge in [-0.05, 0) is 54.5 Å². The number of hydrogen-bond donors (Lipinski definition) is 3. The summed E-state index contributed by atoms with van der Waals surface area (Å²) >= 11 is 0. The van der Waals surface area contributed by atoms with Gasteiger partial charge in [-0.25, -0.2) is 0 Å². The number of nitrogens with one attached hydrogen (secondary N) is 2. The molecule has 2 amide bonds. The van der Waals surface area contributed by atoms with Crippen LogP contribution in [-0.4, -0.2) is 67.3 Å². The molecule has 0 radical (unpaired) electrons. The first-order valence-corrected chi connectivity index (χ1v) is 15.3. The lowest BCUT2D eigenvalue weighted by Gasteiger charge is -2.32. The number of methoxy groups -OCH3 is 1. The molecule has 1 heterocycles. The highest BCUT2D eigenvalue weighted by atomic mass is 16.5. The lowest BCUT2D eigenvalue weighted by Crippen LogP contribution is -2.55. The van der Waals surface area contributed by atoms with Crippen molar-refractivity contribution in [3.63, 3.8) is 0 Å². The molecule has 42 heavy (non-hydrogen) atoms. The van der Waals surface area contributed by atoms with Crippen LogP contribution < -0.4 is 15.4 Å². The summed E-state index contributed by atoms with van der Waals surface area (Å²) in [4.78, 5) is 28.7. The molecule has 0 saturated carbocycles. The van der Waals surface area contributed by atoms with Gasteiger partial charge in [-0.3, -0.25) is 9.59 Å². The number of rotatable bonds is 8. The molecule has 2 bridgehead atoms. The number of β-amino-alcohol motifs (C(OH)–C–C–N with tert-alkyl or cyclic N) is 1. The van der Waals surface area contributed by atoms with Crippen LogP contribution in [0.15, 0.2) is 60.7 Å². The number of aliphatic hydroxyl groups is 1. The van der Waals surface area contributed by atoms with Crippen LogP contribution in [-0.2, 0) is 20.7 Å². The van der Waals surface area contributed by atoms with E-state index in [4.69, 9.17) is 9.47 Å². The molecule has 8 heteroatoms. The lowest BCUT2D eigenvalue weighted by atomic mass is 9.98. The van der Waals surface area contributed by atoms with E-state index in [1.165, 1.54) is 0 Å². The highest BCUT2D eigenvalue weighted by Crippen LogP contribution is 2.42. The van der Waals surface area contributed by atoms with Crippen molar-refractivity contribution in [1.82, 2.24) is 15.5 Å². The smallest absolute Gasteiger partial charge is 0.243 e. The Balaban J connectivity index is 1.61. The Morgan fingerprint density at radius 1 is 1.17 bits per heavy atom. The number of amides is 2. The standard InChI is InChI=1S/C34H47N3O5/c1-5-6-12-23(2)34(40)37(3)30-15-10-11-18-42-32-21-28(27-20-25(41-4)16-17-26(27)32)35-22-31(38)29(36-33(30)39)19-24-13-8-7-9-14-24/h7-11,13-14,16-17,20,23,28-32,35,38H,5-6,12,15,18-19,21-22H2,1-4H3,(H,36,39)/b11-10+/t23?,28-,29+,30-,31-,32+/m1/s1. The summed E-state index contributed by atoms with van der Waals surface area (Å²) in [5.41, 5.74) is 3.23.